The van der Waals surface area contributed by atoms with Gasteiger partial charge >= 0.3 is 5.97 Å². The average Bonchev–Trinajstić information content (AvgIpc) is 2.64. The fourth-order valence-electron chi connectivity index (χ4n) is 3.57. The highest BCUT2D eigenvalue weighted by Crippen LogP contribution is 2.28. The first-order valence-electron chi connectivity index (χ1n) is 8.65. The van der Waals surface area contributed by atoms with Crippen molar-refractivity contribution in [2.75, 3.05) is 39.4 Å². The number of carboxylic acid groups (broad SMARTS) is 1. The highest BCUT2D eigenvalue weighted by atomic mass is 19.1. The molecule has 0 aliphatic carbocycles. The van der Waals surface area contributed by atoms with E-state index < -0.39 is 23.7 Å². The molecule has 6 nitrogen and oxygen atoms in total. The fraction of sp³-hybridized carbons (Fsp3) is 0.556. The molecule has 0 spiro atoms. The molecule has 2 heterocycles. The molecule has 0 saturated carbocycles. The lowest BCUT2D eigenvalue weighted by molar-refractivity contribution is -0.148. The van der Waals surface area contributed by atoms with E-state index in [1.165, 1.54) is 6.07 Å². The van der Waals surface area contributed by atoms with Crippen LogP contribution in [0.4, 0.5) is 4.39 Å². The van der Waals surface area contributed by atoms with Crippen LogP contribution >= 0.6 is 0 Å². The molecule has 7 heteroatoms. The molecule has 3 rings (SSSR count). The molecule has 2 saturated heterocycles. The summed E-state index contributed by atoms with van der Waals surface area (Å²) in [7, 11) is 0. The Bertz CT molecular complexity index is 633. The number of amides is 1. The Labute approximate surface area is 146 Å². The first-order valence-corrected chi connectivity index (χ1v) is 8.65. The van der Waals surface area contributed by atoms with Crippen LogP contribution in [-0.4, -0.2) is 66.2 Å². The summed E-state index contributed by atoms with van der Waals surface area (Å²) in [4.78, 5) is 28.0. The maximum atomic E-state index is 14.4. The number of nitrogens with zero attached hydrogens (tertiary/aromatic N) is 2. The number of hydrogen-bond acceptors (Lipinski definition) is 4. The number of benzene rings is 1. The molecule has 1 N–H and O–H groups in total. The summed E-state index contributed by atoms with van der Waals surface area (Å²) in [5.74, 6) is -2.08. The van der Waals surface area contributed by atoms with Crippen molar-refractivity contribution >= 4 is 11.9 Å². The molecular formula is C18H23FN2O4. The number of morpholine rings is 1. The SMILES string of the molecule is O=C(O)C1CCCN(C(=O)C(c2ccccc2F)N2CCOCC2)C1. The van der Waals surface area contributed by atoms with Gasteiger partial charge in [0.2, 0.25) is 5.91 Å². The number of piperidine rings is 1. The average molecular weight is 350 g/mol. The summed E-state index contributed by atoms with van der Waals surface area (Å²) in [6.07, 6.45) is 1.22. The third kappa shape index (κ3) is 3.99. The van der Waals surface area contributed by atoms with Crippen LogP contribution in [0.3, 0.4) is 0 Å². The van der Waals surface area contributed by atoms with E-state index in [4.69, 9.17) is 4.74 Å². The second-order valence-corrected chi connectivity index (χ2v) is 6.53. The van der Waals surface area contributed by atoms with Gasteiger partial charge in [-0.3, -0.25) is 14.5 Å². The number of carbonyl (C=O) groups excluding carboxylic acids is 1. The second kappa shape index (κ2) is 7.93. The van der Waals surface area contributed by atoms with E-state index in [0.717, 1.165) is 0 Å². The van der Waals surface area contributed by atoms with Crippen molar-refractivity contribution in [3.05, 3.63) is 35.6 Å². The van der Waals surface area contributed by atoms with Gasteiger partial charge in [-0.2, -0.15) is 0 Å². The Morgan fingerprint density at radius 1 is 1.20 bits per heavy atom. The van der Waals surface area contributed by atoms with Crippen LogP contribution in [0.1, 0.15) is 24.4 Å². The zero-order chi connectivity index (χ0) is 17.8. The smallest absolute Gasteiger partial charge is 0.308 e. The van der Waals surface area contributed by atoms with Crippen molar-refractivity contribution < 1.29 is 23.8 Å². The first-order chi connectivity index (χ1) is 12.1. The number of aliphatic carboxylic acids is 1. The van der Waals surface area contributed by atoms with Crippen molar-refractivity contribution in [2.24, 2.45) is 5.92 Å². The van der Waals surface area contributed by atoms with Crippen LogP contribution in [0.2, 0.25) is 0 Å². The molecule has 2 aliphatic rings. The molecule has 2 atom stereocenters. The van der Waals surface area contributed by atoms with Gasteiger partial charge in [0.05, 0.1) is 19.1 Å². The molecule has 2 aliphatic heterocycles. The molecule has 0 aromatic heterocycles. The normalized spacial score (nSPS) is 23.2. The molecule has 0 bridgehead atoms. The lowest BCUT2D eigenvalue weighted by Gasteiger charge is -2.39. The minimum atomic E-state index is -0.883. The van der Waals surface area contributed by atoms with E-state index in [9.17, 15) is 19.1 Å². The minimum Gasteiger partial charge on any atom is -0.481 e. The highest BCUT2D eigenvalue weighted by molar-refractivity contribution is 5.84. The number of halogens is 1. The standard InChI is InChI=1S/C18H23FN2O4/c19-15-6-2-1-5-14(15)16(20-8-10-25-11-9-20)17(22)21-7-3-4-13(12-21)18(23)24/h1-2,5-6,13,16H,3-4,7-12H2,(H,23,24). The van der Waals surface area contributed by atoms with Gasteiger partial charge in [0, 0.05) is 31.7 Å². The summed E-state index contributed by atoms with van der Waals surface area (Å²) in [5, 5.41) is 9.26. The Hall–Kier alpha value is -1.99. The van der Waals surface area contributed by atoms with Gasteiger partial charge in [-0.1, -0.05) is 18.2 Å². The predicted octanol–water partition coefficient (Wildman–Crippen LogP) is 1.52. The zero-order valence-electron chi connectivity index (χ0n) is 14.1. The Balaban J connectivity index is 1.87. The van der Waals surface area contributed by atoms with Crippen molar-refractivity contribution in [2.45, 2.75) is 18.9 Å². The van der Waals surface area contributed by atoms with Crippen LogP contribution in [0.15, 0.2) is 24.3 Å². The number of carboxylic acids is 1. The number of rotatable bonds is 4. The second-order valence-electron chi connectivity index (χ2n) is 6.53. The molecule has 25 heavy (non-hydrogen) atoms. The van der Waals surface area contributed by atoms with Crippen molar-refractivity contribution in [3.63, 3.8) is 0 Å². The maximum Gasteiger partial charge on any atom is 0.308 e. The van der Waals surface area contributed by atoms with Crippen LogP contribution in [0, 0.1) is 11.7 Å². The van der Waals surface area contributed by atoms with E-state index in [1.54, 1.807) is 23.1 Å². The summed E-state index contributed by atoms with van der Waals surface area (Å²) < 4.78 is 19.8. The summed E-state index contributed by atoms with van der Waals surface area (Å²) in [5.41, 5.74) is 0.340. The minimum absolute atomic E-state index is 0.184. The molecular weight excluding hydrogens is 327 g/mol. The monoisotopic (exact) mass is 350 g/mol. The Kier molecular flexibility index (Phi) is 5.65. The molecule has 1 aromatic carbocycles. The van der Waals surface area contributed by atoms with E-state index in [0.29, 0.717) is 51.3 Å². The van der Waals surface area contributed by atoms with Gasteiger partial charge in [-0.25, -0.2) is 4.39 Å². The third-order valence-electron chi connectivity index (χ3n) is 4.93. The topological polar surface area (TPSA) is 70.1 Å². The van der Waals surface area contributed by atoms with Crippen LogP contribution in [0.25, 0.3) is 0 Å². The van der Waals surface area contributed by atoms with Gasteiger partial charge in [-0.05, 0) is 18.9 Å². The summed E-state index contributed by atoms with van der Waals surface area (Å²) in [6.45, 7) is 2.77. The van der Waals surface area contributed by atoms with Gasteiger partial charge < -0.3 is 14.7 Å². The van der Waals surface area contributed by atoms with Gasteiger partial charge in [-0.15, -0.1) is 0 Å². The van der Waals surface area contributed by atoms with Crippen molar-refractivity contribution in [3.8, 4) is 0 Å². The van der Waals surface area contributed by atoms with E-state index >= 15 is 0 Å². The molecule has 2 unspecified atom stereocenters. The Morgan fingerprint density at radius 2 is 1.92 bits per heavy atom. The number of hydrogen-bond donors (Lipinski definition) is 1. The van der Waals surface area contributed by atoms with Crippen LogP contribution in [0.5, 0.6) is 0 Å². The zero-order valence-corrected chi connectivity index (χ0v) is 14.1. The number of ether oxygens (including phenoxy) is 1. The number of carbonyl (C=O) groups is 2. The van der Waals surface area contributed by atoms with Gasteiger partial charge in [0.1, 0.15) is 11.9 Å². The van der Waals surface area contributed by atoms with Gasteiger partial charge in [0.15, 0.2) is 0 Å². The van der Waals surface area contributed by atoms with E-state index in [-0.39, 0.29) is 12.5 Å². The Morgan fingerprint density at radius 3 is 2.60 bits per heavy atom. The quantitative estimate of drug-likeness (QED) is 0.892. The summed E-state index contributed by atoms with van der Waals surface area (Å²) in [6, 6.07) is 5.56. The van der Waals surface area contributed by atoms with E-state index in [2.05, 4.69) is 0 Å². The van der Waals surface area contributed by atoms with Crippen LogP contribution in [-0.2, 0) is 14.3 Å². The molecule has 2 fully saturated rings. The molecule has 0 radical (unpaired) electrons. The predicted molar refractivity (Wildman–Crippen MR) is 88.5 cm³/mol. The molecule has 1 aromatic rings. The molecule has 1 amide bonds. The molecule has 136 valence electrons. The highest BCUT2D eigenvalue weighted by Gasteiger charge is 2.37. The van der Waals surface area contributed by atoms with Gasteiger partial charge in [0.25, 0.3) is 0 Å². The number of likely N-dealkylation sites (tertiary alicyclic amines) is 1. The lowest BCUT2D eigenvalue weighted by atomic mass is 9.96. The summed E-state index contributed by atoms with van der Waals surface area (Å²) >= 11 is 0. The third-order valence-corrected chi connectivity index (χ3v) is 4.93. The lowest BCUT2D eigenvalue weighted by Crippen LogP contribution is -2.50. The van der Waals surface area contributed by atoms with Crippen molar-refractivity contribution in [1.29, 1.82) is 0 Å². The first kappa shape index (κ1) is 17.8. The van der Waals surface area contributed by atoms with E-state index in [1.807, 2.05) is 4.90 Å². The van der Waals surface area contributed by atoms with Crippen molar-refractivity contribution in [1.82, 2.24) is 9.80 Å². The maximum absolute atomic E-state index is 14.4. The largest absolute Gasteiger partial charge is 0.481 e. The fourth-order valence-corrected chi connectivity index (χ4v) is 3.57. The van der Waals surface area contributed by atoms with Crippen LogP contribution < -0.4 is 0 Å².